The fraction of sp³-hybridized carbons (Fsp3) is 0.588. The van der Waals surface area contributed by atoms with E-state index in [0.29, 0.717) is 11.6 Å². The molecule has 1 aromatic heterocycles. The van der Waals surface area contributed by atoms with E-state index in [9.17, 15) is 0 Å². The second kappa shape index (κ2) is 5.34. The van der Waals surface area contributed by atoms with Gasteiger partial charge in [0.25, 0.3) is 0 Å². The number of benzene rings is 1. The molecule has 3 nitrogen and oxygen atoms in total. The Kier molecular flexibility index (Phi) is 3.48. The Morgan fingerprint density at radius 3 is 2.95 bits per heavy atom. The minimum Gasteiger partial charge on any atom is -0.308 e. The molecule has 1 saturated heterocycles. The highest BCUT2D eigenvalue weighted by Crippen LogP contribution is 2.34. The van der Waals surface area contributed by atoms with Gasteiger partial charge in [-0.05, 0) is 31.9 Å². The zero-order chi connectivity index (χ0) is 14.3. The normalized spacial score (nSPS) is 25.9. The van der Waals surface area contributed by atoms with Crippen LogP contribution < -0.4 is 5.32 Å². The van der Waals surface area contributed by atoms with Crippen LogP contribution in [-0.4, -0.2) is 34.6 Å². The van der Waals surface area contributed by atoms with Gasteiger partial charge in [-0.15, -0.1) is 11.3 Å². The van der Waals surface area contributed by atoms with Gasteiger partial charge in [0, 0.05) is 24.7 Å². The van der Waals surface area contributed by atoms with E-state index in [2.05, 4.69) is 41.4 Å². The van der Waals surface area contributed by atoms with Crippen molar-refractivity contribution in [1.29, 1.82) is 0 Å². The summed E-state index contributed by atoms with van der Waals surface area (Å²) in [5, 5.41) is 5.09. The first kappa shape index (κ1) is 13.7. The summed E-state index contributed by atoms with van der Waals surface area (Å²) < 4.78 is 1.31. The molecule has 2 fully saturated rings. The van der Waals surface area contributed by atoms with Crippen molar-refractivity contribution in [3.63, 3.8) is 0 Å². The molecule has 4 heteroatoms. The van der Waals surface area contributed by atoms with Crippen LogP contribution in [0.4, 0.5) is 0 Å². The number of nitrogens with one attached hydrogen (secondary N) is 1. The molecule has 1 N–H and O–H groups in total. The number of piperazine rings is 1. The lowest BCUT2D eigenvalue weighted by molar-refractivity contribution is 0.0826. The summed E-state index contributed by atoms with van der Waals surface area (Å²) >= 11 is 1.85. The molecule has 1 spiro atoms. The van der Waals surface area contributed by atoms with Crippen LogP contribution in [0.5, 0.6) is 0 Å². The summed E-state index contributed by atoms with van der Waals surface area (Å²) in [6.07, 6.45) is 5.46. The van der Waals surface area contributed by atoms with Crippen LogP contribution >= 0.6 is 11.3 Å². The smallest absolute Gasteiger partial charge is 0.108 e. The highest BCUT2D eigenvalue weighted by molar-refractivity contribution is 7.18. The van der Waals surface area contributed by atoms with Gasteiger partial charge in [0.15, 0.2) is 0 Å². The first-order chi connectivity index (χ1) is 10.2. The van der Waals surface area contributed by atoms with Gasteiger partial charge >= 0.3 is 0 Å². The third-order valence-corrected chi connectivity index (χ3v) is 6.16. The molecule has 21 heavy (non-hydrogen) atoms. The molecule has 2 aromatic rings. The van der Waals surface area contributed by atoms with Crippen molar-refractivity contribution < 1.29 is 0 Å². The lowest BCUT2D eigenvalue weighted by Gasteiger charge is -2.45. The van der Waals surface area contributed by atoms with Crippen molar-refractivity contribution in [3.8, 4) is 0 Å². The van der Waals surface area contributed by atoms with Crippen LogP contribution in [0.15, 0.2) is 24.3 Å². The Bertz CT molecular complexity index is 597. The summed E-state index contributed by atoms with van der Waals surface area (Å²) in [5.41, 5.74) is 1.54. The van der Waals surface area contributed by atoms with Crippen LogP contribution in [-0.2, 0) is 6.54 Å². The Hall–Kier alpha value is -0.970. The average Bonchev–Trinajstić information content (AvgIpc) is 3.09. The van der Waals surface area contributed by atoms with Gasteiger partial charge in [0.2, 0.25) is 0 Å². The lowest BCUT2D eigenvalue weighted by atomic mass is 9.92. The number of rotatable bonds is 2. The highest BCUT2D eigenvalue weighted by Gasteiger charge is 2.39. The van der Waals surface area contributed by atoms with Crippen molar-refractivity contribution in [1.82, 2.24) is 15.2 Å². The lowest BCUT2D eigenvalue weighted by Crippen LogP contribution is -2.61. The molecular formula is C17H23N3S. The minimum atomic E-state index is 0.392. The quantitative estimate of drug-likeness (QED) is 0.921. The minimum absolute atomic E-state index is 0.392. The van der Waals surface area contributed by atoms with E-state index in [1.54, 1.807) is 0 Å². The molecule has 1 unspecified atom stereocenters. The first-order valence-corrected chi connectivity index (χ1v) is 8.89. The van der Waals surface area contributed by atoms with E-state index in [-0.39, 0.29) is 0 Å². The molecular weight excluding hydrogens is 278 g/mol. The van der Waals surface area contributed by atoms with Gasteiger partial charge in [-0.2, -0.15) is 0 Å². The Balaban J connectivity index is 1.54. The third-order valence-electron chi connectivity index (χ3n) is 5.14. The standard InChI is InChI=1S/C17H23N3S/c1-13-10-18-17(8-4-5-9-17)12-20(13)11-16-19-14-6-2-3-7-15(14)21-16/h2-3,6-7,13,18H,4-5,8-12H2,1H3. The molecule has 0 radical (unpaired) electrons. The van der Waals surface area contributed by atoms with Crippen LogP contribution in [0.2, 0.25) is 0 Å². The number of hydrogen-bond donors (Lipinski definition) is 1. The molecule has 1 aliphatic carbocycles. The monoisotopic (exact) mass is 301 g/mol. The van der Waals surface area contributed by atoms with Gasteiger partial charge in [0.05, 0.1) is 16.8 Å². The SMILES string of the molecule is CC1CNC2(CCCC2)CN1Cc1nc2ccccc2s1. The van der Waals surface area contributed by atoms with Crippen molar-refractivity contribution in [2.24, 2.45) is 0 Å². The summed E-state index contributed by atoms with van der Waals surface area (Å²) in [5.74, 6) is 0. The maximum atomic E-state index is 4.81. The van der Waals surface area contributed by atoms with E-state index in [1.807, 2.05) is 11.3 Å². The van der Waals surface area contributed by atoms with Crippen LogP contribution in [0.1, 0.15) is 37.6 Å². The van der Waals surface area contributed by atoms with Gasteiger partial charge in [-0.1, -0.05) is 25.0 Å². The van der Waals surface area contributed by atoms with E-state index < -0.39 is 0 Å². The van der Waals surface area contributed by atoms with Gasteiger partial charge in [-0.3, -0.25) is 4.90 Å². The third kappa shape index (κ3) is 2.60. The van der Waals surface area contributed by atoms with Gasteiger partial charge in [0.1, 0.15) is 5.01 Å². The maximum absolute atomic E-state index is 4.81. The van der Waals surface area contributed by atoms with E-state index in [4.69, 9.17) is 4.98 Å². The van der Waals surface area contributed by atoms with E-state index >= 15 is 0 Å². The Labute approximate surface area is 130 Å². The van der Waals surface area contributed by atoms with Gasteiger partial charge in [-0.25, -0.2) is 4.98 Å². The molecule has 2 heterocycles. The van der Waals surface area contributed by atoms with Crippen molar-refractivity contribution in [2.75, 3.05) is 13.1 Å². The maximum Gasteiger partial charge on any atom is 0.108 e. The molecule has 112 valence electrons. The fourth-order valence-electron chi connectivity index (χ4n) is 3.85. The van der Waals surface area contributed by atoms with Crippen molar-refractivity contribution in [2.45, 2.75) is 50.7 Å². The number of thiazole rings is 1. The van der Waals surface area contributed by atoms with Crippen LogP contribution in [0, 0.1) is 0 Å². The molecule has 1 saturated carbocycles. The molecule has 0 bridgehead atoms. The first-order valence-electron chi connectivity index (χ1n) is 8.08. The summed E-state index contributed by atoms with van der Waals surface area (Å²) in [7, 11) is 0. The molecule has 2 aliphatic rings. The summed E-state index contributed by atoms with van der Waals surface area (Å²) in [6.45, 7) is 5.64. The molecule has 1 aliphatic heterocycles. The second-order valence-corrected chi connectivity index (χ2v) is 7.81. The van der Waals surface area contributed by atoms with Crippen LogP contribution in [0.3, 0.4) is 0 Å². The number of para-hydroxylation sites is 1. The zero-order valence-corrected chi connectivity index (χ0v) is 13.5. The fourth-order valence-corrected chi connectivity index (χ4v) is 4.85. The topological polar surface area (TPSA) is 28.2 Å². The average molecular weight is 301 g/mol. The Morgan fingerprint density at radius 2 is 2.14 bits per heavy atom. The van der Waals surface area contributed by atoms with E-state index in [0.717, 1.165) is 18.6 Å². The second-order valence-electron chi connectivity index (χ2n) is 6.70. The van der Waals surface area contributed by atoms with Crippen LogP contribution in [0.25, 0.3) is 10.2 Å². The molecule has 4 rings (SSSR count). The number of aromatic nitrogens is 1. The summed E-state index contributed by atoms with van der Waals surface area (Å²) in [4.78, 5) is 7.45. The van der Waals surface area contributed by atoms with E-state index in [1.165, 1.54) is 41.9 Å². The van der Waals surface area contributed by atoms with Crippen molar-refractivity contribution in [3.05, 3.63) is 29.3 Å². The van der Waals surface area contributed by atoms with Crippen molar-refractivity contribution >= 4 is 21.6 Å². The molecule has 1 atom stereocenters. The number of nitrogens with zero attached hydrogens (tertiary/aromatic N) is 2. The Morgan fingerprint density at radius 1 is 1.33 bits per heavy atom. The predicted octanol–water partition coefficient (Wildman–Crippen LogP) is 3.40. The number of hydrogen-bond acceptors (Lipinski definition) is 4. The molecule has 1 aromatic carbocycles. The predicted molar refractivity (Wildman–Crippen MR) is 88.7 cm³/mol. The largest absolute Gasteiger partial charge is 0.308 e. The van der Waals surface area contributed by atoms with Gasteiger partial charge < -0.3 is 5.32 Å². The number of fused-ring (bicyclic) bond motifs is 1. The molecule has 0 amide bonds. The highest BCUT2D eigenvalue weighted by atomic mass is 32.1. The zero-order valence-electron chi connectivity index (χ0n) is 12.6. The summed E-state index contributed by atoms with van der Waals surface area (Å²) in [6, 6.07) is 9.08.